The quantitative estimate of drug-likeness (QED) is 0.469. The molecule has 6 heteroatoms. The van der Waals surface area contributed by atoms with E-state index in [1.807, 2.05) is 63.2 Å². The topological polar surface area (TPSA) is 67.4 Å². The van der Waals surface area contributed by atoms with Crippen LogP contribution in [0.5, 0.6) is 5.75 Å². The normalized spacial score (nSPS) is 11.5. The Morgan fingerprint density at radius 2 is 1.58 bits per heavy atom. The minimum Gasteiger partial charge on any atom is -0.497 e. The Kier molecular flexibility index (Phi) is 7.36. The molecule has 2 amide bonds. The first kappa shape index (κ1) is 22.4. The van der Waals surface area contributed by atoms with Gasteiger partial charge in [0.2, 0.25) is 5.91 Å². The second-order valence-corrected chi connectivity index (χ2v) is 8.69. The fraction of sp³-hybridized carbons (Fsp3) is 0.200. The zero-order valence-corrected chi connectivity index (χ0v) is 18.9. The molecule has 0 heterocycles. The summed E-state index contributed by atoms with van der Waals surface area (Å²) in [6, 6.07) is 20.4. The van der Waals surface area contributed by atoms with E-state index in [4.69, 9.17) is 4.74 Å². The lowest BCUT2D eigenvalue weighted by molar-refractivity contribution is -0.115. The highest BCUT2D eigenvalue weighted by atomic mass is 32.2. The van der Waals surface area contributed by atoms with Crippen molar-refractivity contribution in [1.29, 1.82) is 0 Å². The van der Waals surface area contributed by atoms with Crippen LogP contribution in [-0.4, -0.2) is 24.2 Å². The highest BCUT2D eigenvalue weighted by molar-refractivity contribution is 8.00. The summed E-state index contributed by atoms with van der Waals surface area (Å²) in [4.78, 5) is 25.9. The number of amides is 2. The van der Waals surface area contributed by atoms with Crippen molar-refractivity contribution in [3.8, 4) is 5.75 Å². The third-order valence-corrected chi connectivity index (χ3v) is 5.91. The van der Waals surface area contributed by atoms with E-state index in [-0.39, 0.29) is 17.1 Å². The molecule has 0 bridgehead atoms. The lowest BCUT2D eigenvalue weighted by atomic mass is 10.1. The molecule has 1 unspecified atom stereocenters. The van der Waals surface area contributed by atoms with E-state index < -0.39 is 0 Å². The number of hydrogen-bond acceptors (Lipinski definition) is 4. The van der Waals surface area contributed by atoms with Crippen molar-refractivity contribution in [3.05, 3.63) is 83.4 Å². The van der Waals surface area contributed by atoms with Gasteiger partial charge >= 0.3 is 0 Å². The fourth-order valence-corrected chi connectivity index (χ4v) is 3.79. The molecule has 0 fully saturated rings. The molecule has 0 radical (unpaired) electrons. The molecule has 0 aliphatic carbocycles. The molecule has 2 N–H and O–H groups in total. The summed E-state index contributed by atoms with van der Waals surface area (Å²) in [6.45, 7) is 5.86. The van der Waals surface area contributed by atoms with Crippen LogP contribution in [0, 0.1) is 13.8 Å². The summed E-state index contributed by atoms with van der Waals surface area (Å²) in [5, 5.41) is 5.62. The Morgan fingerprint density at radius 3 is 2.23 bits per heavy atom. The highest BCUT2D eigenvalue weighted by Crippen LogP contribution is 2.26. The lowest BCUT2D eigenvalue weighted by Crippen LogP contribution is -2.22. The highest BCUT2D eigenvalue weighted by Gasteiger charge is 2.16. The van der Waals surface area contributed by atoms with Crippen LogP contribution in [0.15, 0.2) is 71.6 Å². The number of thioether (sulfide) groups is 1. The van der Waals surface area contributed by atoms with Crippen LogP contribution in [0.4, 0.5) is 11.4 Å². The Labute approximate surface area is 187 Å². The molecule has 0 aliphatic rings. The SMILES string of the molecule is COc1ccc(C(=O)Nc2ccc(SC(C)C(=O)Nc3cc(C)ccc3C)cc2)cc1. The van der Waals surface area contributed by atoms with Crippen LogP contribution in [0.2, 0.25) is 0 Å². The number of ether oxygens (including phenoxy) is 1. The molecule has 0 aromatic heterocycles. The van der Waals surface area contributed by atoms with Gasteiger partial charge in [0, 0.05) is 21.8 Å². The van der Waals surface area contributed by atoms with Gasteiger partial charge in [0.15, 0.2) is 0 Å². The molecular weight excluding hydrogens is 408 g/mol. The molecule has 31 heavy (non-hydrogen) atoms. The van der Waals surface area contributed by atoms with E-state index in [9.17, 15) is 9.59 Å². The van der Waals surface area contributed by atoms with Crippen LogP contribution in [0.1, 0.15) is 28.4 Å². The third kappa shape index (κ3) is 6.12. The van der Waals surface area contributed by atoms with Gasteiger partial charge in [-0.25, -0.2) is 0 Å². The molecular formula is C25H26N2O3S. The maximum absolute atomic E-state index is 12.6. The van der Waals surface area contributed by atoms with Gasteiger partial charge in [0.25, 0.3) is 5.91 Å². The van der Waals surface area contributed by atoms with Gasteiger partial charge in [-0.2, -0.15) is 0 Å². The van der Waals surface area contributed by atoms with Crippen LogP contribution in [0.25, 0.3) is 0 Å². The first-order valence-corrected chi connectivity index (χ1v) is 10.8. The summed E-state index contributed by atoms with van der Waals surface area (Å²) in [5.74, 6) is 0.466. The summed E-state index contributed by atoms with van der Waals surface area (Å²) in [6.07, 6.45) is 0. The van der Waals surface area contributed by atoms with E-state index in [1.54, 1.807) is 31.4 Å². The largest absolute Gasteiger partial charge is 0.497 e. The molecule has 3 aromatic carbocycles. The zero-order chi connectivity index (χ0) is 22.4. The number of nitrogens with one attached hydrogen (secondary N) is 2. The standard InChI is InChI=1S/C25H26N2O3S/c1-16-5-6-17(2)23(15-16)27-24(28)18(3)31-22-13-9-20(10-14-22)26-25(29)19-7-11-21(30-4)12-8-19/h5-15,18H,1-4H3,(H,26,29)(H,27,28). The smallest absolute Gasteiger partial charge is 0.255 e. The molecule has 0 aliphatic heterocycles. The molecule has 0 saturated heterocycles. The predicted octanol–water partition coefficient (Wildman–Crippen LogP) is 5.68. The Balaban J connectivity index is 1.57. The van der Waals surface area contributed by atoms with Crippen molar-refractivity contribution in [2.24, 2.45) is 0 Å². The number of methoxy groups -OCH3 is 1. The molecule has 3 aromatic rings. The summed E-state index contributed by atoms with van der Waals surface area (Å²) in [5.41, 5.74) is 4.23. The summed E-state index contributed by atoms with van der Waals surface area (Å²) >= 11 is 1.47. The molecule has 5 nitrogen and oxygen atoms in total. The molecule has 1 atom stereocenters. The van der Waals surface area contributed by atoms with E-state index in [0.717, 1.165) is 21.7 Å². The minimum atomic E-state index is -0.264. The second-order valence-electron chi connectivity index (χ2n) is 7.27. The fourth-order valence-electron chi connectivity index (χ4n) is 2.93. The Hall–Kier alpha value is -3.25. The number of anilines is 2. The van der Waals surface area contributed by atoms with Gasteiger partial charge in [-0.05, 0) is 86.5 Å². The average molecular weight is 435 g/mol. The third-order valence-electron chi connectivity index (χ3n) is 4.80. The van der Waals surface area contributed by atoms with Crippen LogP contribution >= 0.6 is 11.8 Å². The van der Waals surface area contributed by atoms with Gasteiger partial charge in [-0.1, -0.05) is 12.1 Å². The van der Waals surface area contributed by atoms with Crippen molar-refractivity contribution in [2.45, 2.75) is 30.9 Å². The predicted molar refractivity (Wildman–Crippen MR) is 127 cm³/mol. The number of carbonyl (C=O) groups excluding carboxylic acids is 2. The number of rotatable bonds is 7. The molecule has 3 rings (SSSR count). The number of hydrogen-bond donors (Lipinski definition) is 2. The first-order chi connectivity index (χ1) is 14.9. The van der Waals surface area contributed by atoms with Crippen LogP contribution in [0.3, 0.4) is 0 Å². The van der Waals surface area contributed by atoms with Crippen molar-refractivity contribution in [1.82, 2.24) is 0 Å². The van der Waals surface area contributed by atoms with Gasteiger partial charge in [0.05, 0.1) is 12.4 Å². The Bertz CT molecular complexity index is 1060. The molecule has 160 valence electrons. The van der Waals surface area contributed by atoms with E-state index in [0.29, 0.717) is 17.0 Å². The van der Waals surface area contributed by atoms with Crippen LogP contribution in [-0.2, 0) is 4.79 Å². The zero-order valence-electron chi connectivity index (χ0n) is 18.1. The maximum atomic E-state index is 12.6. The second kappa shape index (κ2) is 10.2. The maximum Gasteiger partial charge on any atom is 0.255 e. The van der Waals surface area contributed by atoms with E-state index >= 15 is 0 Å². The van der Waals surface area contributed by atoms with Gasteiger partial charge in [-0.3, -0.25) is 9.59 Å². The lowest BCUT2D eigenvalue weighted by Gasteiger charge is -2.14. The minimum absolute atomic E-state index is 0.0458. The number of carbonyl (C=O) groups is 2. The van der Waals surface area contributed by atoms with Gasteiger partial charge in [0.1, 0.15) is 5.75 Å². The number of aryl methyl sites for hydroxylation is 2. The molecule has 0 spiro atoms. The summed E-state index contributed by atoms with van der Waals surface area (Å²) < 4.78 is 5.11. The van der Waals surface area contributed by atoms with Crippen molar-refractivity contribution in [3.63, 3.8) is 0 Å². The average Bonchev–Trinajstić information content (AvgIpc) is 2.77. The number of benzene rings is 3. The van der Waals surface area contributed by atoms with Crippen LogP contribution < -0.4 is 15.4 Å². The first-order valence-electron chi connectivity index (χ1n) is 9.96. The molecule has 0 saturated carbocycles. The van der Waals surface area contributed by atoms with E-state index in [1.165, 1.54) is 11.8 Å². The van der Waals surface area contributed by atoms with Crippen molar-refractivity contribution >= 4 is 35.0 Å². The van der Waals surface area contributed by atoms with Gasteiger partial charge < -0.3 is 15.4 Å². The summed E-state index contributed by atoms with van der Waals surface area (Å²) in [7, 11) is 1.59. The van der Waals surface area contributed by atoms with Crippen molar-refractivity contribution in [2.75, 3.05) is 17.7 Å². The van der Waals surface area contributed by atoms with Crippen molar-refractivity contribution < 1.29 is 14.3 Å². The van der Waals surface area contributed by atoms with E-state index in [2.05, 4.69) is 10.6 Å². The van der Waals surface area contributed by atoms with Gasteiger partial charge in [-0.15, -0.1) is 11.8 Å². The monoisotopic (exact) mass is 434 g/mol. The Morgan fingerprint density at radius 1 is 0.903 bits per heavy atom.